The highest BCUT2D eigenvalue weighted by atomic mass is 19.1. The molecule has 3 amide bonds. The molecular formula is C22H26F2N4O3. The van der Waals surface area contributed by atoms with Crippen LogP contribution in [-0.2, 0) is 16.2 Å². The van der Waals surface area contributed by atoms with Gasteiger partial charge in [-0.25, -0.2) is 19.1 Å². The molecule has 0 aliphatic carbocycles. The van der Waals surface area contributed by atoms with Gasteiger partial charge in [-0.15, -0.1) is 0 Å². The molecule has 2 aromatic rings. The van der Waals surface area contributed by atoms with E-state index in [1.165, 1.54) is 43.3 Å². The monoisotopic (exact) mass is 432 g/mol. The van der Waals surface area contributed by atoms with Gasteiger partial charge in [0.25, 0.3) is 0 Å². The van der Waals surface area contributed by atoms with Crippen molar-refractivity contribution in [1.82, 2.24) is 10.4 Å². The fourth-order valence-corrected chi connectivity index (χ4v) is 3.47. The second-order valence-corrected chi connectivity index (χ2v) is 7.62. The molecule has 3 N–H and O–H groups in total. The van der Waals surface area contributed by atoms with Gasteiger partial charge >= 0.3 is 6.03 Å². The van der Waals surface area contributed by atoms with Gasteiger partial charge in [-0.3, -0.25) is 14.5 Å². The fraction of sp³-hybridized carbons (Fsp3) is 0.364. The number of rotatable bonds is 7. The Bertz CT molecular complexity index is 900. The number of carbonyl (C=O) groups is 2. The van der Waals surface area contributed by atoms with Crippen LogP contribution < -0.4 is 16.1 Å². The van der Waals surface area contributed by atoms with E-state index in [1.54, 1.807) is 6.07 Å². The molecule has 7 nitrogen and oxygen atoms in total. The minimum Gasteiger partial charge on any atom is -0.308 e. The maximum atomic E-state index is 14.1. The summed E-state index contributed by atoms with van der Waals surface area (Å²) in [6, 6.07) is 9.26. The summed E-state index contributed by atoms with van der Waals surface area (Å²) >= 11 is 0. The average Bonchev–Trinajstić information content (AvgIpc) is 2.70. The van der Waals surface area contributed by atoms with Gasteiger partial charge in [0, 0.05) is 24.8 Å². The summed E-state index contributed by atoms with van der Waals surface area (Å²) in [5.41, 5.74) is 3.87. The Hall–Kier alpha value is -3.04. The Labute approximate surface area is 179 Å². The van der Waals surface area contributed by atoms with Crippen molar-refractivity contribution in [2.75, 3.05) is 30.3 Å². The van der Waals surface area contributed by atoms with E-state index in [2.05, 4.69) is 21.0 Å². The third kappa shape index (κ3) is 7.62. The number of carbonyl (C=O) groups excluding carboxylic acids is 2. The van der Waals surface area contributed by atoms with Crippen LogP contribution in [0, 0.1) is 17.6 Å². The third-order valence-corrected chi connectivity index (χ3v) is 4.97. The molecule has 1 fully saturated rings. The smallest absolute Gasteiger partial charge is 0.308 e. The molecule has 0 spiro atoms. The first-order valence-electron chi connectivity index (χ1n) is 10.1. The van der Waals surface area contributed by atoms with Gasteiger partial charge in [0.15, 0.2) is 0 Å². The van der Waals surface area contributed by atoms with Gasteiger partial charge in [-0.1, -0.05) is 0 Å². The lowest BCUT2D eigenvalue weighted by atomic mass is 9.97. The molecule has 0 atom stereocenters. The van der Waals surface area contributed by atoms with Gasteiger partial charge in [-0.2, -0.15) is 0 Å². The van der Waals surface area contributed by atoms with Crippen LogP contribution in [0.1, 0.15) is 25.3 Å². The molecular weight excluding hydrogens is 406 g/mol. The molecule has 3 rings (SSSR count). The second kappa shape index (κ2) is 10.8. The van der Waals surface area contributed by atoms with E-state index in [1.807, 2.05) is 0 Å². The highest BCUT2D eigenvalue weighted by molar-refractivity contribution is 5.99. The quantitative estimate of drug-likeness (QED) is 0.580. The number of amides is 3. The van der Waals surface area contributed by atoms with Crippen LogP contribution in [0.25, 0.3) is 0 Å². The zero-order valence-corrected chi connectivity index (χ0v) is 17.3. The molecule has 1 saturated heterocycles. The molecule has 0 aromatic heterocycles. The molecule has 0 saturated carbocycles. The topological polar surface area (TPSA) is 82.7 Å². The lowest BCUT2D eigenvalue weighted by molar-refractivity contribution is -0.132. The van der Waals surface area contributed by atoms with Crippen molar-refractivity contribution in [3.05, 3.63) is 59.7 Å². The SMILES string of the molecule is CC(=O)NOCC1CCN(Cc2cc(F)cc(NC(=O)Nc3ccc(F)cc3)c2)CC1. The van der Waals surface area contributed by atoms with E-state index >= 15 is 0 Å². The maximum absolute atomic E-state index is 14.1. The van der Waals surface area contributed by atoms with Crippen LogP contribution in [-0.4, -0.2) is 36.5 Å². The second-order valence-electron chi connectivity index (χ2n) is 7.62. The van der Waals surface area contributed by atoms with Crippen molar-refractivity contribution in [1.29, 1.82) is 0 Å². The number of benzene rings is 2. The maximum Gasteiger partial charge on any atom is 0.323 e. The van der Waals surface area contributed by atoms with Gasteiger partial charge in [0.05, 0.1) is 6.61 Å². The number of urea groups is 1. The van der Waals surface area contributed by atoms with Crippen LogP contribution in [0.5, 0.6) is 0 Å². The molecule has 2 aromatic carbocycles. The highest BCUT2D eigenvalue weighted by Gasteiger charge is 2.20. The summed E-state index contributed by atoms with van der Waals surface area (Å²) in [6.07, 6.45) is 1.83. The lowest BCUT2D eigenvalue weighted by Gasteiger charge is -2.31. The molecule has 1 aliphatic heterocycles. The van der Waals surface area contributed by atoms with Crippen LogP contribution >= 0.6 is 0 Å². The van der Waals surface area contributed by atoms with Crippen molar-refractivity contribution in [2.24, 2.45) is 5.92 Å². The first-order chi connectivity index (χ1) is 14.9. The zero-order valence-electron chi connectivity index (χ0n) is 17.3. The van der Waals surface area contributed by atoms with Gasteiger partial charge in [-0.05, 0) is 79.9 Å². The molecule has 0 unspecified atom stereocenters. The van der Waals surface area contributed by atoms with E-state index in [-0.39, 0.29) is 5.91 Å². The number of hydroxylamine groups is 1. The average molecular weight is 432 g/mol. The summed E-state index contributed by atoms with van der Waals surface area (Å²) in [4.78, 5) is 30.4. The van der Waals surface area contributed by atoms with Crippen LogP contribution in [0.3, 0.4) is 0 Å². The van der Waals surface area contributed by atoms with Gasteiger partial charge in [0.2, 0.25) is 5.91 Å². The van der Waals surface area contributed by atoms with E-state index in [0.29, 0.717) is 30.4 Å². The summed E-state index contributed by atoms with van der Waals surface area (Å²) in [5.74, 6) is -0.694. The van der Waals surface area contributed by atoms with Crippen LogP contribution in [0.15, 0.2) is 42.5 Å². The van der Waals surface area contributed by atoms with Crippen molar-refractivity contribution >= 4 is 23.3 Å². The lowest BCUT2D eigenvalue weighted by Crippen LogP contribution is -2.36. The predicted molar refractivity (Wildman–Crippen MR) is 113 cm³/mol. The highest BCUT2D eigenvalue weighted by Crippen LogP contribution is 2.21. The Kier molecular flexibility index (Phi) is 7.91. The summed E-state index contributed by atoms with van der Waals surface area (Å²) in [6.45, 7) is 4.10. The Morgan fingerprint density at radius 1 is 1.00 bits per heavy atom. The van der Waals surface area contributed by atoms with E-state index in [0.717, 1.165) is 31.5 Å². The molecule has 1 heterocycles. The van der Waals surface area contributed by atoms with Gasteiger partial charge < -0.3 is 10.6 Å². The minimum atomic E-state index is -0.539. The number of anilines is 2. The summed E-state index contributed by atoms with van der Waals surface area (Å²) < 4.78 is 27.0. The van der Waals surface area contributed by atoms with Crippen molar-refractivity contribution in [3.63, 3.8) is 0 Å². The van der Waals surface area contributed by atoms with Crippen LogP contribution in [0.2, 0.25) is 0 Å². The number of hydrogen-bond donors (Lipinski definition) is 3. The van der Waals surface area contributed by atoms with Crippen molar-refractivity contribution < 1.29 is 23.2 Å². The van der Waals surface area contributed by atoms with E-state index < -0.39 is 17.7 Å². The summed E-state index contributed by atoms with van der Waals surface area (Å²) in [5, 5.41) is 5.19. The number of halogens is 2. The van der Waals surface area contributed by atoms with Crippen molar-refractivity contribution in [3.8, 4) is 0 Å². The standard InChI is InChI=1S/C22H26F2N4O3/c1-15(29)27-31-14-16-6-8-28(9-7-16)13-17-10-19(24)12-21(11-17)26-22(30)25-20-4-2-18(23)3-5-20/h2-5,10-12,16H,6-9,13-14H2,1H3,(H,27,29)(H2,25,26,30). The number of piperidine rings is 1. The van der Waals surface area contributed by atoms with Gasteiger partial charge in [0.1, 0.15) is 11.6 Å². The fourth-order valence-electron chi connectivity index (χ4n) is 3.47. The molecule has 0 bridgehead atoms. The number of nitrogens with one attached hydrogen (secondary N) is 3. The van der Waals surface area contributed by atoms with E-state index in [4.69, 9.17) is 4.84 Å². The zero-order chi connectivity index (χ0) is 22.2. The minimum absolute atomic E-state index is 0.223. The summed E-state index contributed by atoms with van der Waals surface area (Å²) in [7, 11) is 0. The predicted octanol–water partition coefficient (Wildman–Crippen LogP) is 3.89. The first kappa shape index (κ1) is 22.6. The van der Waals surface area contributed by atoms with E-state index in [9.17, 15) is 18.4 Å². The Morgan fingerprint density at radius 2 is 1.68 bits per heavy atom. The molecule has 0 radical (unpaired) electrons. The number of nitrogens with zero attached hydrogens (tertiary/aromatic N) is 1. The number of hydrogen-bond acceptors (Lipinski definition) is 4. The first-order valence-corrected chi connectivity index (χ1v) is 10.1. The number of likely N-dealkylation sites (tertiary alicyclic amines) is 1. The molecule has 9 heteroatoms. The normalized spacial score (nSPS) is 14.8. The largest absolute Gasteiger partial charge is 0.323 e. The van der Waals surface area contributed by atoms with Crippen LogP contribution in [0.4, 0.5) is 25.0 Å². The Morgan fingerprint density at radius 3 is 2.35 bits per heavy atom. The third-order valence-electron chi connectivity index (χ3n) is 4.97. The Balaban J connectivity index is 1.50. The molecule has 1 aliphatic rings. The van der Waals surface area contributed by atoms with Crippen molar-refractivity contribution in [2.45, 2.75) is 26.3 Å². The molecule has 31 heavy (non-hydrogen) atoms. The molecule has 166 valence electrons.